The van der Waals surface area contributed by atoms with Crippen molar-refractivity contribution in [2.24, 2.45) is 5.92 Å². The van der Waals surface area contributed by atoms with E-state index in [9.17, 15) is 0 Å². The van der Waals surface area contributed by atoms with E-state index >= 15 is 0 Å². The predicted molar refractivity (Wildman–Crippen MR) is 60.9 cm³/mol. The van der Waals surface area contributed by atoms with Crippen LogP contribution in [-0.2, 0) is 0 Å². The molecule has 1 aromatic rings. The highest BCUT2D eigenvalue weighted by Crippen LogP contribution is 2.20. The zero-order valence-corrected chi connectivity index (χ0v) is 9.63. The second kappa shape index (κ2) is 5.04. The third-order valence-corrected chi connectivity index (χ3v) is 2.51. The first kappa shape index (κ1) is 11.1. The Hall–Kier alpha value is -0.980. The molecular weight excluding hydrogens is 172 g/mol. The van der Waals surface area contributed by atoms with Crippen LogP contribution in [-0.4, -0.2) is 6.61 Å². The van der Waals surface area contributed by atoms with E-state index in [0.29, 0.717) is 5.92 Å². The number of hydrogen-bond donors (Lipinski definition) is 0. The molecule has 78 valence electrons. The van der Waals surface area contributed by atoms with E-state index in [4.69, 9.17) is 4.74 Å². The summed E-state index contributed by atoms with van der Waals surface area (Å²) in [4.78, 5) is 0. The van der Waals surface area contributed by atoms with Crippen LogP contribution in [0, 0.1) is 19.8 Å². The van der Waals surface area contributed by atoms with Crippen molar-refractivity contribution in [3.8, 4) is 5.75 Å². The first-order chi connectivity index (χ1) is 6.61. The van der Waals surface area contributed by atoms with Gasteiger partial charge in [-0.25, -0.2) is 0 Å². The summed E-state index contributed by atoms with van der Waals surface area (Å²) in [7, 11) is 0. The Bertz CT molecular complexity index is 289. The van der Waals surface area contributed by atoms with E-state index in [1.54, 1.807) is 0 Å². The fourth-order valence-corrected chi connectivity index (χ4v) is 1.29. The molecule has 0 amide bonds. The lowest BCUT2D eigenvalue weighted by molar-refractivity contribution is 0.287. The maximum atomic E-state index is 5.73. The first-order valence-electron chi connectivity index (χ1n) is 5.30. The van der Waals surface area contributed by atoms with Gasteiger partial charge in [0.25, 0.3) is 0 Å². The fraction of sp³-hybridized carbons (Fsp3) is 0.538. The van der Waals surface area contributed by atoms with Gasteiger partial charge in [-0.3, -0.25) is 0 Å². The van der Waals surface area contributed by atoms with Crippen molar-refractivity contribution in [1.29, 1.82) is 0 Å². The molecule has 1 heteroatoms. The number of rotatable bonds is 4. The smallest absolute Gasteiger partial charge is 0.122 e. The normalized spacial score (nSPS) is 10.6. The Labute approximate surface area is 87.1 Å². The van der Waals surface area contributed by atoms with Crippen LogP contribution >= 0.6 is 0 Å². The first-order valence-corrected chi connectivity index (χ1v) is 5.30. The second-order valence-corrected chi connectivity index (χ2v) is 4.23. The van der Waals surface area contributed by atoms with Gasteiger partial charge in [-0.2, -0.15) is 0 Å². The lowest BCUT2D eigenvalue weighted by Crippen LogP contribution is -2.02. The summed E-state index contributed by atoms with van der Waals surface area (Å²) in [5.74, 6) is 1.74. The van der Waals surface area contributed by atoms with Crippen LogP contribution in [0.3, 0.4) is 0 Å². The van der Waals surface area contributed by atoms with Crippen LogP contribution in [0.15, 0.2) is 18.2 Å². The third kappa shape index (κ3) is 3.06. The summed E-state index contributed by atoms with van der Waals surface area (Å²) in [6.45, 7) is 9.48. The molecule has 14 heavy (non-hydrogen) atoms. The maximum Gasteiger partial charge on any atom is 0.122 e. The van der Waals surface area contributed by atoms with E-state index in [2.05, 4.69) is 33.8 Å². The monoisotopic (exact) mass is 192 g/mol. The van der Waals surface area contributed by atoms with E-state index in [1.165, 1.54) is 11.1 Å². The van der Waals surface area contributed by atoms with Crippen molar-refractivity contribution in [3.05, 3.63) is 29.3 Å². The van der Waals surface area contributed by atoms with Gasteiger partial charge in [-0.15, -0.1) is 0 Å². The lowest BCUT2D eigenvalue weighted by atomic mass is 10.1. The number of aryl methyl sites for hydroxylation is 1. The van der Waals surface area contributed by atoms with Crippen LogP contribution < -0.4 is 4.74 Å². The van der Waals surface area contributed by atoms with Gasteiger partial charge >= 0.3 is 0 Å². The van der Waals surface area contributed by atoms with Crippen LogP contribution in [0.4, 0.5) is 0 Å². The summed E-state index contributed by atoms with van der Waals surface area (Å²) in [5.41, 5.74) is 2.56. The molecule has 0 heterocycles. The highest BCUT2D eigenvalue weighted by Gasteiger charge is 2.01. The molecular formula is C13H20O. The standard InChI is InChI=1S/C13H20O/c1-10(2)8-9-14-13-7-5-6-11(3)12(13)4/h5-7,10H,8-9H2,1-4H3. The zero-order valence-electron chi connectivity index (χ0n) is 9.63. The molecule has 0 aliphatic rings. The number of benzene rings is 1. The molecule has 0 unspecified atom stereocenters. The molecule has 0 atom stereocenters. The van der Waals surface area contributed by atoms with Gasteiger partial charge in [-0.1, -0.05) is 26.0 Å². The Morgan fingerprint density at radius 3 is 2.57 bits per heavy atom. The molecule has 0 aliphatic carbocycles. The molecule has 0 bridgehead atoms. The predicted octanol–water partition coefficient (Wildman–Crippen LogP) is 3.73. The minimum Gasteiger partial charge on any atom is -0.493 e. The molecule has 1 rings (SSSR count). The van der Waals surface area contributed by atoms with Crippen LogP contribution in [0.1, 0.15) is 31.4 Å². The minimum atomic E-state index is 0.708. The Balaban J connectivity index is 2.54. The summed E-state index contributed by atoms with van der Waals surface area (Å²) in [6.07, 6.45) is 1.12. The van der Waals surface area contributed by atoms with Gasteiger partial charge in [0.15, 0.2) is 0 Å². The van der Waals surface area contributed by atoms with Gasteiger partial charge < -0.3 is 4.74 Å². The maximum absolute atomic E-state index is 5.73. The quantitative estimate of drug-likeness (QED) is 0.706. The number of ether oxygens (including phenoxy) is 1. The molecule has 0 radical (unpaired) electrons. The van der Waals surface area contributed by atoms with Crippen LogP contribution in [0.2, 0.25) is 0 Å². The Morgan fingerprint density at radius 2 is 1.93 bits per heavy atom. The van der Waals surface area contributed by atoms with E-state index < -0.39 is 0 Å². The van der Waals surface area contributed by atoms with Gasteiger partial charge in [0, 0.05) is 0 Å². The van der Waals surface area contributed by atoms with Gasteiger partial charge in [0.05, 0.1) is 6.61 Å². The summed E-state index contributed by atoms with van der Waals surface area (Å²) in [5, 5.41) is 0. The fourth-order valence-electron chi connectivity index (χ4n) is 1.29. The minimum absolute atomic E-state index is 0.708. The van der Waals surface area contributed by atoms with Crippen molar-refractivity contribution < 1.29 is 4.74 Å². The lowest BCUT2D eigenvalue weighted by Gasteiger charge is -2.11. The van der Waals surface area contributed by atoms with Crippen molar-refractivity contribution in [1.82, 2.24) is 0 Å². The largest absolute Gasteiger partial charge is 0.493 e. The van der Waals surface area contributed by atoms with Gasteiger partial charge in [0.2, 0.25) is 0 Å². The molecule has 0 fully saturated rings. The SMILES string of the molecule is Cc1cccc(OCCC(C)C)c1C. The molecule has 0 spiro atoms. The highest BCUT2D eigenvalue weighted by atomic mass is 16.5. The van der Waals surface area contributed by atoms with Crippen molar-refractivity contribution in [2.75, 3.05) is 6.61 Å². The molecule has 0 aliphatic heterocycles. The molecule has 1 aromatic carbocycles. The average Bonchev–Trinajstić information content (AvgIpc) is 2.12. The Morgan fingerprint density at radius 1 is 1.21 bits per heavy atom. The molecule has 0 N–H and O–H groups in total. The topological polar surface area (TPSA) is 9.23 Å². The van der Waals surface area contributed by atoms with Crippen molar-refractivity contribution >= 4 is 0 Å². The van der Waals surface area contributed by atoms with Crippen molar-refractivity contribution in [3.63, 3.8) is 0 Å². The molecule has 0 saturated carbocycles. The zero-order chi connectivity index (χ0) is 10.6. The van der Waals surface area contributed by atoms with Crippen LogP contribution in [0.25, 0.3) is 0 Å². The van der Waals surface area contributed by atoms with E-state index in [0.717, 1.165) is 18.8 Å². The van der Waals surface area contributed by atoms with E-state index in [-0.39, 0.29) is 0 Å². The molecule has 1 nitrogen and oxygen atoms in total. The summed E-state index contributed by atoms with van der Waals surface area (Å²) >= 11 is 0. The second-order valence-electron chi connectivity index (χ2n) is 4.23. The Kier molecular flexibility index (Phi) is 3.99. The summed E-state index contributed by atoms with van der Waals surface area (Å²) in [6, 6.07) is 6.21. The summed E-state index contributed by atoms with van der Waals surface area (Å²) < 4.78 is 5.73. The molecule has 0 aromatic heterocycles. The average molecular weight is 192 g/mol. The van der Waals surface area contributed by atoms with Crippen molar-refractivity contribution in [2.45, 2.75) is 34.1 Å². The highest BCUT2D eigenvalue weighted by molar-refractivity contribution is 5.38. The molecule has 0 saturated heterocycles. The van der Waals surface area contributed by atoms with Crippen LogP contribution in [0.5, 0.6) is 5.75 Å². The van der Waals surface area contributed by atoms with Gasteiger partial charge in [0.1, 0.15) is 5.75 Å². The van der Waals surface area contributed by atoms with Gasteiger partial charge in [-0.05, 0) is 43.4 Å². The number of hydrogen-bond acceptors (Lipinski definition) is 1. The van der Waals surface area contributed by atoms with E-state index in [1.807, 2.05) is 12.1 Å². The third-order valence-electron chi connectivity index (χ3n) is 2.51.